The van der Waals surface area contributed by atoms with Gasteiger partial charge in [0, 0.05) is 6.42 Å². The summed E-state index contributed by atoms with van der Waals surface area (Å²) < 4.78 is 4.81. The summed E-state index contributed by atoms with van der Waals surface area (Å²) in [5.74, 6) is -0.185. The Hall–Kier alpha value is -1.08. The molecule has 0 heterocycles. The number of nitriles is 1. The molecular formula is C10H18N2O2. The number of carbonyl (C=O) groups is 1. The molecule has 0 rings (SSSR count). The van der Waals surface area contributed by atoms with Crippen LogP contribution in [0.5, 0.6) is 0 Å². The molecule has 0 saturated heterocycles. The van der Waals surface area contributed by atoms with E-state index in [1.165, 1.54) is 0 Å². The molecule has 0 aliphatic carbocycles. The van der Waals surface area contributed by atoms with Crippen LogP contribution in [0.15, 0.2) is 0 Å². The first-order valence-corrected chi connectivity index (χ1v) is 4.91. The maximum atomic E-state index is 11.0. The van der Waals surface area contributed by atoms with Crippen molar-refractivity contribution < 1.29 is 9.53 Å². The number of hydrogen-bond donors (Lipinski definition) is 0. The third-order valence-electron chi connectivity index (χ3n) is 1.78. The van der Waals surface area contributed by atoms with Gasteiger partial charge in [-0.15, -0.1) is 0 Å². The van der Waals surface area contributed by atoms with Crippen molar-refractivity contribution in [3.8, 4) is 6.07 Å². The van der Waals surface area contributed by atoms with Crippen LogP contribution in [-0.4, -0.2) is 37.6 Å². The molecule has 0 amide bonds. The van der Waals surface area contributed by atoms with Crippen molar-refractivity contribution in [1.82, 2.24) is 4.90 Å². The normalized spacial score (nSPS) is 9.86. The number of nitrogens with zero attached hydrogens (tertiary/aromatic N) is 2. The van der Waals surface area contributed by atoms with Crippen LogP contribution < -0.4 is 0 Å². The lowest BCUT2D eigenvalue weighted by molar-refractivity contribution is -0.144. The van der Waals surface area contributed by atoms with Crippen LogP contribution in [0.4, 0.5) is 0 Å². The van der Waals surface area contributed by atoms with E-state index in [4.69, 9.17) is 10.00 Å². The number of likely N-dealkylation sites (N-methyl/N-ethyl adjacent to an activating group) is 1. The second kappa shape index (κ2) is 8.52. The number of carbonyl (C=O) groups excluding carboxylic acids is 1. The summed E-state index contributed by atoms with van der Waals surface area (Å²) in [6.45, 7) is 3.40. The molecular weight excluding hydrogens is 180 g/mol. The highest BCUT2D eigenvalue weighted by Crippen LogP contribution is 1.96. The van der Waals surface area contributed by atoms with Gasteiger partial charge in [-0.1, -0.05) is 0 Å². The van der Waals surface area contributed by atoms with E-state index in [1.807, 2.05) is 11.9 Å². The molecule has 4 nitrogen and oxygen atoms in total. The Bertz CT molecular complexity index is 199. The van der Waals surface area contributed by atoms with Crippen molar-refractivity contribution >= 4 is 5.97 Å². The average Bonchev–Trinajstić information content (AvgIpc) is 2.13. The summed E-state index contributed by atoms with van der Waals surface area (Å²) in [6.07, 6.45) is 2.43. The number of esters is 1. The molecule has 0 aliphatic rings. The molecule has 0 spiro atoms. The second-order valence-electron chi connectivity index (χ2n) is 3.16. The van der Waals surface area contributed by atoms with Gasteiger partial charge in [-0.3, -0.25) is 9.69 Å². The van der Waals surface area contributed by atoms with E-state index in [0.29, 0.717) is 19.6 Å². The van der Waals surface area contributed by atoms with Gasteiger partial charge in [-0.2, -0.15) is 5.26 Å². The minimum absolute atomic E-state index is 0.185. The van der Waals surface area contributed by atoms with Crippen LogP contribution in [0.25, 0.3) is 0 Å². The molecule has 0 saturated carbocycles. The molecule has 0 aliphatic heterocycles. The first-order valence-electron chi connectivity index (χ1n) is 4.91. The predicted octanol–water partition coefficient (Wildman–Crippen LogP) is 1.18. The lowest BCUT2D eigenvalue weighted by Crippen LogP contribution is -2.28. The largest absolute Gasteiger partial charge is 0.465 e. The highest BCUT2D eigenvalue weighted by Gasteiger charge is 2.05. The Morgan fingerprint density at radius 2 is 2.21 bits per heavy atom. The highest BCUT2D eigenvalue weighted by molar-refractivity contribution is 5.71. The number of rotatable bonds is 7. The SMILES string of the molecule is CCOC(=O)CN(C)CCCCC#N. The van der Waals surface area contributed by atoms with Crippen LogP contribution >= 0.6 is 0 Å². The molecule has 80 valence electrons. The lowest BCUT2D eigenvalue weighted by atomic mass is 10.2. The molecule has 0 unspecified atom stereocenters. The van der Waals surface area contributed by atoms with Gasteiger partial charge in [0.15, 0.2) is 0 Å². The van der Waals surface area contributed by atoms with Gasteiger partial charge in [0.1, 0.15) is 0 Å². The zero-order chi connectivity index (χ0) is 10.8. The van der Waals surface area contributed by atoms with E-state index in [0.717, 1.165) is 19.4 Å². The standard InChI is InChI=1S/C10H18N2O2/c1-3-14-10(13)9-12(2)8-6-4-5-7-11/h3-6,8-9H2,1-2H3. The molecule has 0 fully saturated rings. The van der Waals surface area contributed by atoms with Gasteiger partial charge < -0.3 is 4.74 Å². The van der Waals surface area contributed by atoms with Gasteiger partial charge in [-0.25, -0.2) is 0 Å². The van der Waals surface area contributed by atoms with Crippen molar-refractivity contribution in [2.24, 2.45) is 0 Å². The maximum Gasteiger partial charge on any atom is 0.320 e. The van der Waals surface area contributed by atoms with Gasteiger partial charge in [0.2, 0.25) is 0 Å². The topological polar surface area (TPSA) is 53.3 Å². The van der Waals surface area contributed by atoms with E-state index in [1.54, 1.807) is 6.92 Å². The van der Waals surface area contributed by atoms with E-state index in [9.17, 15) is 4.79 Å². The number of unbranched alkanes of at least 4 members (excludes halogenated alkanes) is 2. The summed E-state index contributed by atoms with van der Waals surface area (Å²) in [7, 11) is 1.88. The lowest BCUT2D eigenvalue weighted by Gasteiger charge is -2.14. The zero-order valence-electron chi connectivity index (χ0n) is 8.95. The average molecular weight is 198 g/mol. The fourth-order valence-corrected chi connectivity index (χ4v) is 1.09. The van der Waals surface area contributed by atoms with Crippen molar-refractivity contribution in [3.63, 3.8) is 0 Å². The molecule has 4 heteroatoms. The summed E-state index contributed by atoms with van der Waals surface area (Å²) in [5.41, 5.74) is 0. The van der Waals surface area contributed by atoms with E-state index < -0.39 is 0 Å². The van der Waals surface area contributed by atoms with Crippen LogP contribution in [0, 0.1) is 11.3 Å². The minimum atomic E-state index is -0.185. The molecule has 0 bridgehead atoms. The smallest absolute Gasteiger partial charge is 0.320 e. The van der Waals surface area contributed by atoms with E-state index in [2.05, 4.69) is 6.07 Å². The Balaban J connectivity index is 3.41. The summed E-state index contributed by atoms with van der Waals surface area (Å²) in [5, 5.41) is 8.31. The first kappa shape index (κ1) is 12.9. The Morgan fingerprint density at radius 1 is 1.50 bits per heavy atom. The molecule has 0 aromatic heterocycles. The Kier molecular flexibility index (Phi) is 7.86. The van der Waals surface area contributed by atoms with Crippen LogP contribution in [0.1, 0.15) is 26.2 Å². The van der Waals surface area contributed by atoms with E-state index in [-0.39, 0.29) is 5.97 Å². The molecule has 0 N–H and O–H groups in total. The van der Waals surface area contributed by atoms with Crippen molar-refractivity contribution in [3.05, 3.63) is 0 Å². The van der Waals surface area contributed by atoms with E-state index >= 15 is 0 Å². The fraction of sp³-hybridized carbons (Fsp3) is 0.800. The molecule has 0 aromatic carbocycles. The van der Waals surface area contributed by atoms with Crippen LogP contribution in [0.3, 0.4) is 0 Å². The predicted molar refractivity (Wildman–Crippen MR) is 53.6 cm³/mol. The molecule has 14 heavy (non-hydrogen) atoms. The van der Waals surface area contributed by atoms with Gasteiger partial charge in [0.25, 0.3) is 0 Å². The minimum Gasteiger partial charge on any atom is -0.465 e. The Labute approximate surface area is 85.5 Å². The van der Waals surface area contributed by atoms with Crippen molar-refractivity contribution in [2.45, 2.75) is 26.2 Å². The van der Waals surface area contributed by atoms with Crippen molar-refractivity contribution in [2.75, 3.05) is 26.7 Å². The molecule has 0 aromatic rings. The monoisotopic (exact) mass is 198 g/mol. The van der Waals surface area contributed by atoms with Crippen LogP contribution in [-0.2, 0) is 9.53 Å². The Morgan fingerprint density at radius 3 is 2.79 bits per heavy atom. The third kappa shape index (κ3) is 7.56. The highest BCUT2D eigenvalue weighted by atomic mass is 16.5. The molecule has 0 atom stereocenters. The zero-order valence-corrected chi connectivity index (χ0v) is 8.95. The number of hydrogen-bond acceptors (Lipinski definition) is 4. The maximum absolute atomic E-state index is 11.0. The fourth-order valence-electron chi connectivity index (χ4n) is 1.09. The second-order valence-corrected chi connectivity index (χ2v) is 3.16. The first-order chi connectivity index (χ1) is 6.70. The number of ether oxygens (including phenoxy) is 1. The summed E-state index contributed by atoms with van der Waals surface area (Å²) in [4.78, 5) is 12.9. The van der Waals surface area contributed by atoms with Crippen LogP contribution in [0.2, 0.25) is 0 Å². The van der Waals surface area contributed by atoms with Gasteiger partial charge in [-0.05, 0) is 33.4 Å². The van der Waals surface area contributed by atoms with Gasteiger partial charge >= 0.3 is 5.97 Å². The quantitative estimate of drug-likeness (QED) is 0.455. The summed E-state index contributed by atoms with van der Waals surface area (Å²) >= 11 is 0. The van der Waals surface area contributed by atoms with Gasteiger partial charge in [0.05, 0.1) is 19.2 Å². The third-order valence-corrected chi connectivity index (χ3v) is 1.78. The molecule has 0 radical (unpaired) electrons. The van der Waals surface area contributed by atoms with Crippen molar-refractivity contribution in [1.29, 1.82) is 5.26 Å². The summed E-state index contributed by atoms with van der Waals surface area (Å²) in [6, 6.07) is 2.09.